The molecule has 0 amide bonds. The summed E-state index contributed by atoms with van der Waals surface area (Å²) in [5.41, 5.74) is 6.70. The molecule has 27 heavy (non-hydrogen) atoms. The number of aryl methyl sites for hydroxylation is 2. The fraction of sp³-hybridized carbons (Fsp3) is 0.500. The minimum Gasteiger partial charge on any atom is -0.508 e. The van der Waals surface area contributed by atoms with Gasteiger partial charge in [0.15, 0.2) is 0 Å². The molecule has 2 aromatic carbocycles. The third-order valence-electron chi connectivity index (χ3n) is 6.16. The van der Waals surface area contributed by atoms with Crippen LogP contribution in [0.1, 0.15) is 47.1 Å². The second-order valence-electron chi connectivity index (χ2n) is 8.30. The molecule has 0 aliphatic carbocycles. The Morgan fingerprint density at radius 3 is 2.37 bits per heavy atom. The number of phenols is 1. The molecule has 0 bridgehead atoms. The highest BCUT2D eigenvalue weighted by Gasteiger charge is 2.21. The van der Waals surface area contributed by atoms with Crippen LogP contribution in [-0.2, 0) is 13.1 Å². The Balaban J connectivity index is 1.73. The summed E-state index contributed by atoms with van der Waals surface area (Å²) in [5.74, 6) is 0.352. The lowest BCUT2D eigenvalue weighted by Gasteiger charge is -2.27. The van der Waals surface area contributed by atoms with Crippen molar-refractivity contribution in [3.63, 3.8) is 0 Å². The predicted molar refractivity (Wildman–Crippen MR) is 113 cm³/mol. The lowest BCUT2D eigenvalue weighted by molar-refractivity contribution is 0.211. The van der Waals surface area contributed by atoms with Gasteiger partial charge in [0.2, 0.25) is 0 Å². The molecular formula is C24H34N2O. The second kappa shape index (κ2) is 8.90. The Labute approximate surface area is 164 Å². The molecule has 1 aliphatic rings. The van der Waals surface area contributed by atoms with E-state index in [0.29, 0.717) is 11.8 Å². The summed E-state index contributed by atoms with van der Waals surface area (Å²) < 4.78 is 0. The first-order chi connectivity index (χ1) is 12.9. The van der Waals surface area contributed by atoms with Gasteiger partial charge in [-0.25, -0.2) is 0 Å². The second-order valence-corrected chi connectivity index (χ2v) is 8.30. The van der Waals surface area contributed by atoms with E-state index in [1.807, 2.05) is 12.1 Å². The molecule has 1 heterocycles. The molecule has 1 unspecified atom stereocenters. The van der Waals surface area contributed by atoms with Crippen LogP contribution in [0, 0.1) is 20.8 Å². The summed E-state index contributed by atoms with van der Waals surface area (Å²) in [7, 11) is 2.25. The molecule has 3 nitrogen and oxygen atoms in total. The van der Waals surface area contributed by atoms with Gasteiger partial charge in [0.05, 0.1) is 0 Å². The minimum absolute atomic E-state index is 0.352. The van der Waals surface area contributed by atoms with Crippen molar-refractivity contribution in [3.05, 3.63) is 64.2 Å². The summed E-state index contributed by atoms with van der Waals surface area (Å²) in [5, 5.41) is 9.83. The fourth-order valence-electron chi connectivity index (χ4n) is 4.28. The molecular weight excluding hydrogens is 332 g/mol. The summed E-state index contributed by atoms with van der Waals surface area (Å²) in [6.45, 7) is 10.8. The fourth-order valence-corrected chi connectivity index (χ4v) is 4.28. The van der Waals surface area contributed by atoms with Crippen molar-refractivity contribution < 1.29 is 5.11 Å². The van der Waals surface area contributed by atoms with Crippen LogP contribution in [0.25, 0.3) is 0 Å². The first kappa shape index (κ1) is 19.9. The van der Waals surface area contributed by atoms with E-state index in [4.69, 9.17) is 0 Å². The van der Waals surface area contributed by atoms with Crippen molar-refractivity contribution in [1.82, 2.24) is 9.80 Å². The van der Waals surface area contributed by atoms with E-state index in [1.165, 1.54) is 53.6 Å². The van der Waals surface area contributed by atoms with Crippen LogP contribution in [-0.4, -0.2) is 41.1 Å². The number of aromatic hydroxyl groups is 1. The first-order valence-corrected chi connectivity index (χ1v) is 10.2. The van der Waals surface area contributed by atoms with Crippen LogP contribution < -0.4 is 0 Å². The van der Waals surface area contributed by atoms with Crippen molar-refractivity contribution in [2.75, 3.05) is 20.1 Å². The van der Waals surface area contributed by atoms with Crippen LogP contribution >= 0.6 is 0 Å². The number of nitrogens with zero attached hydrogens (tertiary/aromatic N) is 2. The van der Waals surface area contributed by atoms with Crippen LogP contribution in [0.3, 0.4) is 0 Å². The first-order valence-electron chi connectivity index (χ1n) is 10.2. The molecule has 0 spiro atoms. The molecule has 1 atom stereocenters. The smallest absolute Gasteiger partial charge is 0.115 e. The van der Waals surface area contributed by atoms with Gasteiger partial charge in [-0.15, -0.1) is 0 Å². The van der Waals surface area contributed by atoms with Crippen LogP contribution in [0.2, 0.25) is 0 Å². The highest BCUT2D eigenvalue weighted by molar-refractivity contribution is 5.37. The van der Waals surface area contributed by atoms with Crippen molar-refractivity contribution in [2.24, 2.45) is 0 Å². The van der Waals surface area contributed by atoms with E-state index in [1.54, 1.807) is 6.07 Å². The monoisotopic (exact) mass is 366 g/mol. The standard InChI is InChI=1S/C24H34N2O/c1-18-13-22(14-19(2)20(18)3)17-26(12-10-23-8-6-11-25(23)4)16-21-7-5-9-24(27)15-21/h5,7,9,13-15,23,27H,6,8,10-12,16-17H2,1-4H3. The van der Waals surface area contributed by atoms with Crippen molar-refractivity contribution in [1.29, 1.82) is 0 Å². The highest BCUT2D eigenvalue weighted by atomic mass is 16.3. The predicted octanol–water partition coefficient (Wildman–Crippen LogP) is 4.80. The van der Waals surface area contributed by atoms with Gasteiger partial charge in [-0.1, -0.05) is 24.3 Å². The van der Waals surface area contributed by atoms with E-state index in [2.05, 4.69) is 55.8 Å². The van der Waals surface area contributed by atoms with Gasteiger partial charge in [0.1, 0.15) is 5.75 Å². The zero-order chi connectivity index (χ0) is 19.4. The Kier molecular flexibility index (Phi) is 6.56. The van der Waals surface area contributed by atoms with E-state index in [-0.39, 0.29) is 0 Å². The largest absolute Gasteiger partial charge is 0.508 e. The van der Waals surface area contributed by atoms with E-state index in [9.17, 15) is 5.11 Å². The van der Waals surface area contributed by atoms with Gasteiger partial charge >= 0.3 is 0 Å². The third kappa shape index (κ3) is 5.33. The average Bonchev–Trinajstić information content (AvgIpc) is 3.02. The van der Waals surface area contributed by atoms with E-state index < -0.39 is 0 Å². The van der Waals surface area contributed by atoms with Gasteiger partial charge in [0.25, 0.3) is 0 Å². The molecule has 1 fully saturated rings. The number of likely N-dealkylation sites (tertiary alicyclic amines) is 1. The van der Waals surface area contributed by atoms with Crippen molar-refractivity contribution >= 4 is 0 Å². The summed E-state index contributed by atoms with van der Waals surface area (Å²) >= 11 is 0. The average molecular weight is 367 g/mol. The molecule has 0 radical (unpaired) electrons. The molecule has 3 heteroatoms. The summed E-state index contributed by atoms with van der Waals surface area (Å²) in [4.78, 5) is 5.04. The number of phenolic OH excluding ortho intramolecular Hbond substituents is 1. The topological polar surface area (TPSA) is 26.7 Å². The lowest BCUT2D eigenvalue weighted by atomic mass is 10.00. The summed E-state index contributed by atoms with van der Waals surface area (Å²) in [6, 6.07) is 13.1. The Bertz CT molecular complexity index is 748. The van der Waals surface area contributed by atoms with Gasteiger partial charge < -0.3 is 10.0 Å². The minimum atomic E-state index is 0.352. The Morgan fingerprint density at radius 1 is 1.04 bits per heavy atom. The Hall–Kier alpha value is -1.84. The molecule has 2 aromatic rings. The SMILES string of the molecule is Cc1cc(CN(CCC2CCCN2C)Cc2cccc(O)c2)cc(C)c1C. The quantitative estimate of drug-likeness (QED) is 0.762. The normalized spacial score (nSPS) is 17.7. The van der Waals surface area contributed by atoms with E-state index >= 15 is 0 Å². The zero-order valence-corrected chi connectivity index (χ0v) is 17.3. The molecule has 1 aliphatic heterocycles. The number of hydrogen-bond acceptors (Lipinski definition) is 3. The zero-order valence-electron chi connectivity index (χ0n) is 17.3. The number of benzene rings is 2. The van der Waals surface area contributed by atoms with Crippen molar-refractivity contribution in [2.45, 2.75) is 59.2 Å². The maximum atomic E-state index is 9.83. The molecule has 146 valence electrons. The highest BCUT2D eigenvalue weighted by Crippen LogP contribution is 2.22. The molecule has 0 saturated carbocycles. The number of rotatable bonds is 7. The van der Waals surface area contributed by atoms with Gasteiger partial charge in [-0.2, -0.15) is 0 Å². The third-order valence-corrected chi connectivity index (χ3v) is 6.16. The maximum Gasteiger partial charge on any atom is 0.115 e. The number of hydrogen-bond donors (Lipinski definition) is 1. The maximum absolute atomic E-state index is 9.83. The van der Waals surface area contributed by atoms with Gasteiger partial charge in [-0.05, 0) is 93.6 Å². The van der Waals surface area contributed by atoms with Crippen LogP contribution in [0.15, 0.2) is 36.4 Å². The Morgan fingerprint density at radius 2 is 1.74 bits per heavy atom. The lowest BCUT2D eigenvalue weighted by Crippen LogP contribution is -2.31. The van der Waals surface area contributed by atoms with Crippen LogP contribution in [0.5, 0.6) is 5.75 Å². The molecule has 1 saturated heterocycles. The van der Waals surface area contributed by atoms with Crippen LogP contribution in [0.4, 0.5) is 0 Å². The molecule has 0 aromatic heterocycles. The molecule has 3 rings (SSSR count). The van der Waals surface area contributed by atoms with Gasteiger partial charge in [-0.3, -0.25) is 4.90 Å². The molecule has 1 N–H and O–H groups in total. The van der Waals surface area contributed by atoms with Crippen molar-refractivity contribution in [3.8, 4) is 5.75 Å². The van der Waals surface area contributed by atoms with Gasteiger partial charge in [0, 0.05) is 25.7 Å². The summed E-state index contributed by atoms with van der Waals surface area (Å²) in [6.07, 6.45) is 3.85. The van der Waals surface area contributed by atoms with E-state index in [0.717, 1.165) is 19.6 Å².